The molecule has 5 rings (SSSR count). The molecule has 6 nitrogen and oxygen atoms in total. The number of nitrogens with zero attached hydrogens (tertiary/aromatic N) is 2. The van der Waals surface area contributed by atoms with E-state index in [-0.39, 0.29) is 23.4 Å². The van der Waals surface area contributed by atoms with E-state index in [9.17, 15) is 14.3 Å². The van der Waals surface area contributed by atoms with E-state index in [2.05, 4.69) is 5.16 Å². The summed E-state index contributed by atoms with van der Waals surface area (Å²) < 4.78 is 24.8. The van der Waals surface area contributed by atoms with Gasteiger partial charge in [-0.2, -0.15) is 0 Å². The highest BCUT2D eigenvalue weighted by Gasteiger charge is 2.54. The number of carbonyl (C=O) groups excluding carboxylic acids is 1. The monoisotopic (exact) mass is 382 g/mol. The molecule has 0 radical (unpaired) electrons. The predicted octanol–water partition coefficient (Wildman–Crippen LogP) is 3.44. The second-order valence-electron chi connectivity index (χ2n) is 7.57. The summed E-state index contributed by atoms with van der Waals surface area (Å²) in [4.78, 5) is 14.6. The summed E-state index contributed by atoms with van der Waals surface area (Å²) in [5, 5.41) is 15.2. The van der Waals surface area contributed by atoms with Crippen LogP contribution in [0.2, 0.25) is 0 Å². The van der Waals surface area contributed by atoms with Gasteiger partial charge in [0.2, 0.25) is 5.76 Å². The lowest BCUT2D eigenvalue weighted by Gasteiger charge is -2.31. The van der Waals surface area contributed by atoms with Gasteiger partial charge in [0.25, 0.3) is 5.91 Å². The number of aromatic nitrogens is 1. The van der Waals surface area contributed by atoms with E-state index in [1.807, 2.05) is 0 Å². The summed E-state index contributed by atoms with van der Waals surface area (Å²) in [6, 6.07) is 11.3. The molecule has 1 aromatic carbocycles. The van der Waals surface area contributed by atoms with Gasteiger partial charge in [0, 0.05) is 30.6 Å². The lowest BCUT2D eigenvalue weighted by Crippen LogP contribution is -2.37. The first kappa shape index (κ1) is 17.2. The highest BCUT2D eigenvalue weighted by Crippen LogP contribution is 2.51. The van der Waals surface area contributed by atoms with Crippen LogP contribution < -0.4 is 0 Å². The topological polar surface area (TPSA) is 79.7 Å². The minimum atomic E-state index is -1.26. The number of hydrogen-bond donors (Lipinski definition) is 1. The van der Waals surface area contributed by atoms with E-state index < -0.39 is 11.4 Å². The molecule has 3 aromatic rings. The van der Waals surface area contributed by atoms with Gasteiger partial charge in [0.05, 0.1) is 11.9 Å². The van der Waals surface area contributed by atoms with Crippen LogP contribution in [0.15, 0.2) is 57.7 Å². The van der Waals surface area contributed by atoms with Crippen LogP contribution in [0.5, 0.6) is 0 Å². The van der Waals surface area contributed by atoms with Crippen molar-refractivity contribution in [3.63, 3.8) is 0 Å². The maximum Gasteiger partial charge on any atom is 0.276 e. The zero-order chi connectivity index (χ0) is 19.3. The summed E-state index contributed by atoms with van der Waals surface area (Å²) in [5.74, 6) is 0.144. The lowest BCUT2D eigenvalue weighted by atomic mass is 9.82. The Kier molecular flexibility index (Phi) is 3.87. The Morgan fingerprint density at radius 1 is 1.21 bits per heavy atom. The molecule has 1 amide bonds. The van der Waals surface area contributed by atoms with Gasteiger partial charge in [-0.3, -0.25) is 4.79 Å². The van der Waals surface area contributed by atoms with Crippen molar-refractivity contribution >= 4 is 5.91 Å². The zero-order valence-electron chi connectivity index (χ0n) is 15.0. The number of rotatable bonds is 3. The fraction of sp³-hybridized carbons (Fsp3) is 0.333. The largest absolute Gasteiger partial charge is 0.461 e. The minimum Gasteiger partial charge on any atom is -0.461 e. The Bertz CT molecular complexity index is 1020. The van der Waals surface area contributed by atoms with Crippen LogP contribution >= 0.6 is 0 Å². The molecule has 2 fully saturated rings. The average Bonchev–Trinajstić information content (AvgIpc) is 3.47. The van der Waals surface area contributed by atoms with Gasteiger partial charge in [0.1, 0.15) is 5.82 Å². The Balaban J connectivity index is 1.37. The first-order chi connectivity index (χ1) is 13.6. The smallest absolute Gasteiger partial charge is 0.276 e. The van der Waals surface area contributed by atoms with Crippen molar-refractivity contribution in [2.24, 2.45) is 11.8 Å². The summed E-state index contributed by atoms with van der Waals surface area (Å²) in [6.07, 6.45) is 2.76. The van der Waals surface area contributed by atoms with Crippen LogP contribution in [-0.2, 0) is 5.60 Å². The quantitative estimate of drug-likeness (QED) is 0.751. The standard InChI is InChI=1S/C21H19FN2O4/c22-16-5-2-1-4-14(16)21(26)8-7-13-11-24(12-15(13)21)20(25)17-10-19(28-23-17)18-6-3-9-27-18/h1-6,9-10,13,15,26H,7-8,11-12H2/t13-,15+,21+/m1/s1. The molecule has 1 saturated carbocycles. The fourth-order valence-electron chi connectivity index (χ4n) is 4.68. The summed E-state index contributed by atoms with van der Waals surface area (Å²) in [6.45, 7) is 0.875. The van der Waals surface area contributed by atoms with Crippen molar-refractivity contribution in [1.29, 1.82) is 0 Å². The van der Waals surface area contributed by atoms with Gasteiger partial charge in [-0.05, 0) is 37.0 Å². The molecule has 1 aliphatic carbocycles. The molecule has 3 atom stereocenters. The van der Waals surface area contributed by atoms with Crippen molar-refractivity contribution in [3.8, 4) is 11.5 Å². The molecule has 3 heterocycles. The van der Waals surface area contributed by atoms with Gasteiger partial charge in [-0.15, -0.1) is 0 Å². The lowest BCUT2D eigenvalue weighted by molar-refractivity contribution is -0.00896. The van der Waals surface area contributed by atoms with E-state index in [1.165, 1.54) is 12.3 Å². The maximum atomic E-state index is 14.3. The van der Waals surface area contributed by atoms with E-state index in [0.717, 1.165) is 6.42 Å². The molecule has 2 aliphatic rings. The van der Waals surface area contributed by atoms with Gasteiger partial charge < -0.3 is 18.9 Å². The summed E-state index contributed by atoms with van der Waals surface area (Å²) >= 11 is 0. The SMILES string of the molecule is O=C(c1cc(-c2ccco2)on1)N1C[C@H]2CC[C@](O)(c3ccccc3F)[C@H]2C1. The van der Waals surface area contributed by atoms with Crippen LogP contribution in [0.3, 0.4) is 0 Å². The van der Waals surface area contributed by atoms with E-state index in [0.29, 0.717) is 36.6 Å². The Morgan fingerprint density at radius 2 is 2.07 bits per heavy atom. The summed E-state index contributed by atoms with van der Waals surface area (Å²) in [7, 11) is 0. The molecule has 1 N–H and O–H groups in total. The molecule has 0 spiro atoms. The van der Waals surface area contributed by atoms with Crippen LogP contribution in [0, 0.1) is 17.7 Å². The normalized spacial score (nSPS) is 26.6. The average molecular weight is 382 g/mol. The van der Waals surface area contributed by atoms with Crippen LogP contribution in [0.4, 0.5) is 4.39 Å². The predicted molar refractivity (Wildman–Crippen MR) is 96.6 cm³/mol. The molecular weight excluding hydrogens is 363 g/mol. The Hall–Kier alpha value is -2.93. The van der Waals surface area contributed by atoms with Crippen LogP contribution in [0.25, 0.3) is 11.5 Å². The van der Waals surface area contributed by atoms with Crippen LogP contribution in [0.1, 0.15) is 28.9 Å². The third-order valence-corrected chi connectivity index (χ3v) is 6.07. The van der Waals surface area contributed by atoms with Gasteiger partial charge in [0.15, 0.2) is 11.5 Å². The molecule has 1 saturated heterocycles. The molecule has 144 valence electrons. The fourth-order valence-corrected chi connectivity index (χ4v) is 4.68. The van der Waals surface area contributed by atoms with Crippen LogP contribution in [-0.4, -0.2) is 34.2 Å². The molecule has 2 aromatic heterocycles. The van der Waals surface area contributed by atoms with Gasteiger partial charge in [-0.1, -0.05) is 23.4 Å². The van der Waals surface area contributed by atoms with Crippen molar-refractivity contribution in [2.45, 2.75) is 18.4 Å². The molecular formula is C21H19FN2O4. The highest BCUT2D eigenvalue weighted by atomic mass is 19.1. The number of furan rings is 1. The number of carbonyl (C=O) groups is 1. The van der Waals surface area contributed by atoms with Crippen molar-refractivity contribution in [1.82, 2.24) is 10.1 Å². The third kappa shape index (κ3) is 2.57. The number of fused-ring (bicyclic) bond motifs is 1. The highest BCUT2D eigenvalue weighted by molar-refractivity contribution is 5.93. The molecule has 0 unspecified atom stereocenters. The number of halogens is 1. The number of aliphatic hydroxyl groups is 1. The Morgan fingerprint density at radius 3 is 2.86 bits per heavy atom. The second-order valence-corrected chi connectivity index (χ2v) is 7.57. The van der Waals surface area contributed by atoms with Gasteiger partial charge in [-0.25, -0.2) is 4.39 Å². The maximum absolute atomic E-state index is 14.3. The third-order valence-electron chi connectivity index (χ3n) is 6.07. The van der Waals surface area contributed by atoms with Crippen molar-refractivity contribution in [3.05, 3.63) is 65.8 Å². The van der Waals surface area contributed by atoms with Crippen molar-refractivity contribution < 1.29 is 23.2 Å². The second kappa shape index (κ2) is 6.31. The minimum absolute atomic E-state index is 0.130. The first-order valence-electron chi connectivity index (χ1n) is 9.33. The first-order valence-corrected chi connectivity index (χ1v) is 9.33. The number of likely N-dealkylation sites (tertiary alicyclic amines) is 1. The van der Waals surface area contributed by atoms with Crippen molar-refractivity contribution in [2.75, 3.05) is 13.1 Å². The summed E-state index contributed by atoms with van der Waals surface area (Å²) in [5.41, 5.74) is -0.743. The Labute approximate surface area is 160 Å². The number of benzene rings is 1. The van der Waals surface area contributed by atoms with Gasteiger partial charge >= 0.3 is 0 Å². The van der Waals surface area contributed by atoms with E-state index in [4.69, 9.17) is 8.94 Å². The number of hydrogen-bond acceptors (Lipinski definition) is 5. The molecule has 1 aliphatic heterocycles. The molecule has 28 heavy (non-hydrogen) atoms. The molecule has 0 bridgehead atoms. The zero-order valence-corrected chi connectivity index (χ0v) is 15.0. The molecule has 7 heteroatoms. The van der Waals surface area contributed by atoms with E-state index >= 15 is 0 Å². The van der Waals surface area contributed by atoms with E-state index in [1.54, 1.807) is 41.3 Å². The number of amides is 1.